The van der Waals surface area contributed by atoms with Gasteiger partial charge in [0.2, 0.25) is 5.91 Å². The maximum atomic E-state index is 15.6. The van der Waals surface area contributed by atoms with E-state index in [2.05, 4.69) is 26.0 Å². The number of carbonyl (C=O) groups is 3. The summed E-state index contributed by atoms with van der Waals surface area (Å²) in [6.07, 6.45) is -4.82. The number of anilines is 1. The number of carbonyl (C=O) groups excluding carboxylic acids is 3. The minimum atomic E-state index is -5.15. The number of aromatic nitrogens is 3. The van der Waals surface area contributed by atoms with Crippen molar-refractivity contribution < 1.29 is 45.1 Å². The van der Waals surface area contributed by atoms with Crippen LogP contribution in [0.25, 0.3) is 0 Å². The lowest BCUT2D eigenvalue weighted by molar-refractivity contribution is -0.142. The van der Waals surface area contributed by atoms with Crippen molar-refractivity contribution in [2.45, 2.75) is 42.8 Å². The molecule has 2 N–H and O–H groups in total. The van der Waals surface area contributed by atoms with E-state index in [-0.39, 0.29) is 43.6 Å². The maximum absolute atomic E-state index is 15.6. The molecule has 1 saturated carbocycles. The molecule has 16 heteroatoms. The number of nitrogens with two attached hydrogens (primary N) is 1. The molecular weight excluding hydrogens is 703 g/mol. The van der Waals surface area contributed by atoms with Crippen LogP contribution < -0.4 is 10.6 Å². The fourth-order valence-electron chi connectivity index (χ4n) is 6.72. The van der Waals surface area contributed by atoms with Gasteiger partial charge in [0.1, 0.15) is 23.4 Å². The van der Waals surface area contributed by atoms with Gasteiger partial charge in [0.25, 0.3) is 17.7 Å². The fourth-order valence-corrected chi connectivity index (χ4v) is 7.35. The lowest BCUT2D eigenvalue weighted by Crippen LogP contribution is -2.37. The van der Waals surface area contributed by atoms with E-state index >= 15 is 8.78 Å². The molecule has 4 atom stereocenters. The fraction of sp³-hybridized carbons (Fsp3) is 0.258. The molecule has 1 unspecified atom stereocenters. The lowest BCUT2D eigenvalue weighted by atomic mass is 9.87. The molecule has 2 aromatic heterocycles. The number of halogens is 8. The minimum Gasteiger partial charge on any atom is -0.368 e. The van der Waals surface area contributed by atoms with Gasteiger partial charge in [0.15, 0.2) is 5.69 Å². The van der Waals surface area contributed by atoms with Crippen molar-refractivity contribution in [3.8, 4) is 0 Å². The van der Waals surface area contributed by atoms with E-state index in [9.17, 15) is 36.3 Å². The van der Waals surface area contributed by atoms with E-state index in [1.165, 1.54) is 18.2 Å². The van der Waals surface area contributed by atoms with Gasteiger partial charge < -0.3 is 5.73 Å². The molecule has 7 rings (SSSR count). The van der Waals surface area contributed by atoms with Gasteiger partial charge in [-0.1, -0.05) is 12.1 Å². The quantitative estimate of drug-likeness (QED) is 0.176. The first-order valence-electron chi connectivity index (χ1n) is 14.0. The van der Waals surface area contributed by atoms with Crippen LogP contribution in [0.15, 0.2) is 59.2 Å². The van der Waals surface area contributed by atoms with E-state index in [4.69, 9.17) is 5.73 Å². The van der Waals surface area contributed by atoms with Crippen LogP contribution in [-0.2, 0) is 23.3 Å². The SMILES string of the molecule is NC(=O)C([C@H](Cc1cc(F)cc(F)c1)c1ncc(N2C(=O)c3ccccc3C2=O)cc1Br)n1nc(C(F)(F)F)c2c1C(F)(F)[C@@H]1C[C@H]21. The number of hydrogen-bond donors (Lipinski definition) is 1. The number of amides is 3. The molecule has 0 spiro atoms. The third-order valence-corrected chi connectivity index (χ3v) is 9.37. The zero-order valence-electron chi connectivity index (χ0n) is 23.5. The number of benzene rings is 2. The Bertz CT molecular complexity index is 1980. The van der Waals surface area contributed by atoms with Crippen LogP contribution in [0.5, 0.6) is 0 Å². The summed E-state index contributed by atoms with van der Waals surface area (Å²) in [6, 6.07) is 7.60. The molecule has 2 aliphatic carbocycles. The largest absolute Gasteiger partial charge is 0.435 e. The third-order valence-electron chi connectivity index (χ3n) is 8.73. The Labute approximate surface area is 268 Å². The van der Waals surface area contributed by atoms with E-state index in [1.807, 2.05) is 0 Å². The summed E-state index contributed by atoms with van der Waals surface area (Å²) in [4.78, 5) is 44.4. The van der Waals surface area contributed by atoms with Crippen LogP contribution in [0.3, 0.4) is 0 Å². The number of alkyl halides is 5. The first-order valence-corrected chi connectivity index (χ1v) is 14.8. The van der Waals surface area contributed by atoms with Gasteiger partial charge in [-0.25, -0.2) is 18.4 Å². The molecule has 0 radical (unpaired) electrons. The molecule has 47 heavy (non-hydrogen) atoms. The molecule has 1 fully saturated rings. The van der Waals surface area contributed by atoms with Crippen molar-refractivity contribution in [2.75, 3.05) is 4.90 Å². The maximum Gasteiger partial charge on any atom is 0.435 e. The highest BCUT2D eigenvalue weighted by Crippen LogP contribution is 2.69. The predicted molar refractivity (Wildman–Crippen MR) is 153 cm³/mol. The highest BCUT2D eigenvalue weighted by molar-refractivity contribution is 9.10. The van der Waals surface area contributed by atoms with Gasteiger partial charge in [0, 0.05) is 27.9 Å². The lowest BCUT2D eigenvalue weighted by Gasteiger charge is -2.29. The summed E-state index contributed by atoms with van der Waals surface area (Å²) in [6.45, 7) is 0. The summed E-state index contributed by atoms with van der Waals surface area (Å²) in [7, 11) is 0. The summed E-state index contributed by atoms with van der Waals surface area (Å²) in [5, 5.41) is 3.50. The van der Waals surface area contributed by atoms with Crippen molar-refractivity contribution in [3.63, 3.8) is 0 Å². The highest BCUT2D eigenvalue weighted by Gasteiger charge is 2.69. The normalized spacial score (nSPS) is 20.6. The van der Waals surface area contributed by atoms with Crippen LogP contribution in [0.2, 0.25) is 0 Å². The zero-order valence-corrected chi connectivity index (χ0v) is 25.1. The summed E-state index contributed by atoms with van der Waals surface area (Å²) in [5.41, 5.74) is 2.26. The number of pyridine rings is 1. The van der Waals surface area contributed by atoms with Gasteiger partial charge >= 0.3 is 6.18 Å². The van der Waals surface area contributed by atoms with E-state index < -0.39 is 88.6 Å². The molecule has 3 heterocycles. The van der Waals surface area contributed by atoms with Crippen molar-refractivity contribution in [2.24, 2.45) is 11.7 Å². The van der Waals surface area contributed by atoms with Crippen molar-refractivity contribution in [3.05, 3.63) is 110 Å². The molecule has 242 valence electrons. The molecule has 3 aliphatic rings. The number of nitrogens with zero attached hydrogens (tertiary/aromatic N) is 4. The third kappa shape index (κ3) is 4.83. The van der Waals surface area contributed by atoms with Crippen LogP contribution in [0.4, 0.5) is 36.4 Å². The topological polar surface area (TPSA) is 111 Å². The average Bonchev–Trinajstić information content (AvgIpc) is 3.55. The van der Waals surface area contributed by atoms with Crippen LogP contribution in [0, 0.1) is 17.6 Å². The second-order valence-corrected chi connectivity index (χ2v) is 12.5. The minimum absolute atomic E-state index is 0.0193. The Morgan fingerprint density at radius 3 is 2.21 bits per heavy atom. The summed E-state index contributed by atoms with van der Waals surface area (Å²) >= 11 is 3.27. The Kier molecular flexibility index (Phi) is 6.90. The Morgan fingerprint density at radius 2 is 1.66 bits per heavy atom. The Balaban J connectivity index is 1.38. The Hall–Kier alpha value is -4.60. The van der Waals surface area contributed by atoms with Gasteiger partial charge in [-0.05, 0) is 70.6 Å². The molecule has 0 saturated heterocycles. The Morgan fingerprint density at radius 1 is 1.04 bits per heavy atom. The van der Waals surface area contributed by atoms with Gasteiger partial charge in [-0.2, -0.15) is 27.1 Å². The number of rotatable bonds is 7. The van der Waals surface area contributed by atoms with Gasteiger partial charge in [-0.3, -0.25) is 19.4 Å². The molecule has 0 bridgehead atoms. The number of fused-ring (bicyclic) bond motifs is 4. The first kappa shape index (κ1) is 31.0. The van der Waals surface area contributed by atoms with E-state index in [0.29, 0.717) is 6.07 Å². The summed E-state index contributed by atoms with van der Waals surface area (Å²) < 4.78 is 102. The number of hydrogen-bond acceptors (Lipinski definition) is 5. The molecule has 8 nitrogen and oxygen atoms in total. The van der Waals surface area contributed by atoms with Crippen molar-refractivity contribution in [1.82, 2.24) is 14.8 Å². The van der Waals surface area contributed by atoms with Gasteiger partial charge in [0.05, 0.1) is 28.7 Å². The van der Waals surface area contributed by atoms with Crippen LogP contribution in [0.1, 0.15) is 73.2 Å². The smallest absolute Gasteiger partial charge is 0.368 e. The second kappa shape index (κ2) is 10.5. The van der Waals surface area contributed by atoms with E-state index in [1.54, 1.807) is 12.1 Å². The number of primary amides is 1. The molecule has 1 aliphatic heterocycles. The van der Waals surface area contributed by atoms with Crippen molar-refractivity contribution >= 4 is 39.3 Å². The summed E-state index contributed by atoms with van der Waals surface area (Å²) in [5.74, 6) is -12.6. The molecule has 3 amide bonds. The highest BCUT2D eigenvalue weighted by atomic mass is 79.9. The molecule has 4 aromatic rings. The monoisotopic (exact) mass is 721 g/mol. The predicted octanol–water partition coefficient (Wildman–Crippen LogP) is 6.40. The molecular formula is C31H19BrF7N5O3. The van der Waals surface area contributed by atoms with Crippen LogP contribution in [-0.4, -0.2) is 32.5 Å². The van der Waals surface area contributed by atoms with Gasteiger partial charge in [-0.15, -0.1) is 0 Å². The van der Waals surface area contributed by atoms with E-state index in [0.717, 1.165) is 23.2 Å². The second-order valence-electron chi connectivity index (χ2n) is 11.6. The van der Waals surface area contributed by atoms with Crippen LogP contribution >= 0.6 is 15.9 Å². The first-order chi connectivity index (χ1) is 22.1. The standard InChI is InChI=1S/C31H19BrF7N5O3/c32-21-9-15(43-28(46)16-3-1-2-4-17(16)29(43)47)11-41-23(21)19(7-12-5-13(33)8-14(34)6-12)24(27(40)45)44-26-22(25(42-44)31(37,38)39)18-10-20(18)30(26,35)36/h1-6,8-9,11,18-20,24H,7,10H2,(H2,40,45)/t18-,19+,20+,24?/m0/s1. The van der Waals surface area contributed by atoms with Crippen molar-refractivity contribution in [1.29, 1.82) is 0 Å². The number of imide groups is 1. The molecule has 2 aromatic carbocycles. The average molecular weight is 722 g/mol. The zero-order chi connectivity index (χ0) is 33.7.